The molecule has 1 heterocycles. The van der Waals surface area contributed by atoms with Gasteiger partial charge in [-0.1, -0.05) is 47.5 Å². The molecule has 1 amide bonds. The quantitative estimate of drug-likeness (QED) is 0.736. The van der Waals surface area contributed by atoms with E-state index in [4.69, 9.17) is 11.6 Å². The van der Waals surface area contributed by atoms with E-state index < -0.39 is 10.0 Å². The molecule has 162 valence electrons. The standard InChI is InChI=1S/C22H28ClN3O3S/c1-16-12-17(2)22(18(3)13-16)30(28,29)26(14-19-6-4-5-7-20(19)23)15-21(27)25-10-8-24-9-11-25/h4-7,12-13,24H,8-11,14-15H2,1-3H3. The van der Waals surface area contributed by atoms with E-state index in [-0.39, 0.29) is 23.9 Å². The largest absolute Gasteiger partial charge is 0.339 e. The number of amides is 1. The van der Waals surface area contributed by atoms with E-state index in [1.807, 2.05) is 25.1 Å². The van der Waals surface area contributed by atoms with Crippen LogP contribution in [0.5, 0.6) is 0 Å². The zero-order valence-corrected chi connectivity index (χ0v) is 19.2. The fourth-order valence-corrected chi connectivity index (χ4v) is 5.89. The van der Waals surface area contributed by atoms with Gasteiger partial charge in [0.25, 0.3) is 0 Å². The summed E-state index contributed by atoms with van der Waals surface area (Å²) in [7, 11) is -3.92. The van der Waals surface area contributed by atoms with Crippen molar-refractivity contribution in [2.75, 3.05) is 32.7 Å². The Morgan fingerprint density at radius 1 is 1.10 bits per heavy atom. The van der Waals surface area contributed by atoms with Crippen LogP contribution in [-0.4, -0.2) is 56.3 Å². The molecule has 0 saturated carbocycles. The Hall–Kier alpha value is -1.93. The van der Waals surface area contributed by atoms with Gasteiger partial charge in [0.05, 0.1) is 11.4 Å². The molecule has 0 unspecified atom stereocenters. The highest BCUT2D eigenvalue weighted by Crippen LogP contribution is 2.28. The summed E-state index contributed by atoms with van der Waals surface area (Å²) in [5.41, 5.74) is 3.01. The minimum atomic E-state index is -3.92. The number of nitrogens with one attached hydrogen (secondary N) is 1. The van der Waals surface area contributed by atoms with Crippen molar-refractivity contribution in [3.05, 3.63) is 63.7 Å². The number of hydrogen-bond acceptors (Lipinski definition) is 4. The number of rotatable bonds is 6. The van der Waals surface area contributed by atoms with Crippen LogP contribution in [-0.2, 0) is 21.4 Å². The van der Waals surface area contributed by atoms with Gasteiger partial charge in [-0.15, -0.1) is 0 Å². The van der Waals surface area contributed by atoms with Crippen molar-refractivity contribution in [3.8, 4) is 0 Å². The second kappa shape index (κ2) is 9.47. The monoisotopic (exact) mass is 449 g/mol. The van der Waals surface area contributed by atoms with Crippen LogP contribution in [0.3, 0.4) is 0 Å². The number of carbonyl (C=O) groups excluding carboxylic acids is 1. The first-order valence-electron chi connectivity index (χ1n) is 10.00. The Labute approximate surface area is 183 Å². The van der Waals surface area contributed by atoms with Gasteiger partial charge in [0.2, 0.25) is 15.9 Å². The van der Waals surface area contributed by atoms with Crippen LogP contribution in [0, 0.1) is 20.8 Å². The number of piperazine rings is 1. The molecule has 1 saturated heterocycles. The van der Waals surface area contributed by atoms with E-state index in [0.29, 0.717) is 47.9 Å². The van der Waals surface area contributed by atoms with Crippen molar-refractivity contribution < 1.29 is 13.2 Å². The van der Waals surface area contributed by atoms with Crippen molar-refractivity contribution in [1.82, 2.24) is 14.5 Å². The number of halogens is 1. The topological polar surface area (TPSA) is 69.7 Å². The minimum Gasteiger partial charge on any atom is -0.339 e. The second-order valence-electron chi connectivity index (χ2n) is 7.72. The Bertz CT molecular complexity index is 1010. The molecule has 3 rings (SSSR count). The molecule has 1 aliphatic rings. The Balaban J connectivity index is 1.99. The van der Waals surface area contributed by atoms with Crippen molar-refractivity contribution in [2.45, 2.75) is 32.2 Å². The summed E-state index contributed by atoms with van der Waals surface area (Å²) in [5.74, 6) is -0.199. The third-order valence-corrected chi connectivity index (χ3v) is 7.76. The van der Waals surface area contributed by atoms with Gasteiger partial charge in [-0.2, -0.15) is 4.31 Å². The Kier molecular flexibility index (Phi) is 7.18. The fraction of sp³-hybridized carbons (Fsp3) is 0.409. The summed E-state index contributed by atoms with van der Waals surface area (Å²) in [6.45, 7) is 7.89. The van der Waals surface area contributed by atoms with E-state index in [1.165, 1.54) is 4.31 Å². The van der Waals surface area contributed by atoms with Gasteiger partial charge in [0.1, 0.15) is 0 Å². The summed E-state index contributed by atoms with van der Waals surface area (Å²) in [6, 6.07) is 10.8. The number of benzene rings is 2. The maximum absolute atomic E-state index is 13.7. The predicted molar refractivity (Wildman–Crippen MR) is 119 cm³/mol. The molecule has 0 spiro atoms. The Morgan fingerprint density at radius 3 is 2.30 bits per heavy atom. The van der Waals surface area contributed by atoms with Gasteiger partial charge < -0.3 is 10.2 Å². The van der Waals surface area contributed by atoms with Crippen molar-refractivity contribution in [3.63, 3.8) is 0 Å². The highest BCUT2D eigenvalue weighted by Gasteiger charge is 2.31. The van der Waals surface area contributed by atoms with Gasteiger partial charge in [0.15, 0.2) is 0 Å². The van der Waals surface area contributed by atoms with Crippen molar-refractivity contribution in [1.29, 1.82) is 0 Å². The lowest BCUT2D eigenvalue weighted by Crippen LogP contribution is -2.50. The van der Waals surface area contributed by atoms with Crippen LogP contribution >= 0.6 is 11.6 Å². The van der Waals surface area contributed by atoms with Crippen LogP contribution in [0.1, 0.15) is 22.3 Å². The van der Waals surface area contributed by atoms with Crippen LogP contribution in [0.2, 0.25) is 5.02 Å². The molecule has 0 aliphatic carbocycles. The summed E-state index contributed by atoms with van der Waals surface area (Å²) in [6.07, 6.45) is 0. The first-order valence-corrected chi connectivity index (χ1v) is 11.8. The molecule has 0 aromatic heterocycles. The molecule has 8 heteroatoms. The highest BCUT2D eigenvalue weighted by atomic mass is 35.5. The molecule has 1 N–H and O–H groups in total. The van der Waals surface area contributed by atoms with Crippen LogP contribution in [0.4, 0.5) is 0 Å². The van der Waals surface area contributed by atoms with Gasteiger partial charge >= 0.3 is 0 Å². The third-order valence-electron chi connectivity index (χ3n) is 5.29. The molecule has 6 nitrogen and oxygen atoms in total. The van der Waals surface area contributed by atoms with Crippen molar-refractivity contribution >= 4 is 27.5 Å². The lowest BCUT2D eigenvalue weighted by Gasteiger charge is -2.30. The lowest BCUT2D eigenvalue weighted by atomic mass is 10.1. The van der Waals surface area contributed by atoms with E-state index in [9.17, 15) is 13.2 Å². The first-order chi connectivity index (χ1) is 14.2. The number of carbonyl (C=O) groups is 1. The molecule has 1 aliphatic heterocycles. The molecule has 0 radical (unpaired) electrons. The molecular formula is C22H28ClN3O3S. The zero-order valence-electron chi connectivity index (χ0n) is 17.6. The third kappa shape index (κ3) is 5.03. The number of hydrogen-bond donors (Lipinski definition) is 1. The second-order valence-corrected chi connectivity index (χ2v) is 10.0. The summed E-state index contributed by atoms with van der Waals surface area (Å²) < 4.78 is 28.7. The number of nitrogens with zero attached hydrogens (tertiary/aromatic N) is 2. The lowest BCUT2D eigenvalue weighted by molar-refractivity contribution is -0.132. The summed E-state index contributed by atoms with van der Waals surface area (Å²) in [4.78, 5) is 14.9. The number of aryl methyl sites for hydroxylation is 3. The number of sulfonamides is 1. The molecule has 0 bridgehead atoms. The molecule has 30 heavy (non-hydrogen) atoms. The van der Waals surface area contributed by atoms with Gasteiger partial charge in [-0.25, -0.2) is 8.42 Å². The Morgan fingerprint density at radius 2 is 1.70 bits per heavy atom. The van der Waals surface area contributed by atoms with Crippen LogP contribution in [0.15, 0.2) is 41.3 Å². The zero-order chi connectivity index (χ0) is 21.9. The minimum absolute atomic E-state index is 0.0343. The van der Waals surface area contributed by atoms with Crippen molar-refractivity contribution in [2.24, 2.45) is 0 Å². The van der Waals surface area contributed by atoms with E-state index in [2.05, 4.69) is 5.32 Å². The van der Waals surface area contributed by atoms with Gasteiger partial charge in [0, 0.05) is 37.7 Å². The van der Waals surface area contributed by atoms with E-state index in [0.717, 1.165) is 5.56 Å². The van der Waals surface area contributed by atoms with Crippen LogP contribution in [0.25, 0.3) is 0 Å². The van der Waals surface area contributed by atoms with Crippen LogP contribution < -0.4 is 5.32 Å². The normalized spacial score (nSPS) is 14.9. The summed E-state index contributed by atoms with van der Waals surface area (Å²) in [5, 5.41) is 3.68. The maximum Gasteiger partial charge on any atom is 0.244 e. The smallest absolute Gasteiger partial charge is 0.244 e. The van der Waals surface area contributed by atoms with Gasteiger partial charge in [-0.05, 0) is 43.5 Å². The molecule has 1 fully saturated rings. The van der Waals surface area contributed by atoms with Gasteiger partial charge in [-0.3, -0.25) is 4.79 Å². The molecule has 0 atom stereocenters. The molecular weight excluding hydrogens is 422 g/mol. The predicted octanol–water partition coefficient (Wildman–Crippen LogP) is 2.89. The maximum atomic E-state index is 13.7. The average Bonchev–Trinajstić information content (AvgIpc) is 2.68. The molecule has 2 aromatic rings. The SMILES string of the molecule is Cc1cc(C)c(S(=O)(=O)N(CC(=O)N2CCNCC2)Cc2ccccc2Cl)c(C)c1. The van der Waals surface area contributed by atoms with E-state index >= 15 is 0 Å². The fourth-order valence-electron chi connectivity index (χ4n) is 3.91. The summed E-state index contributed by atoms with van der Waals surface area (Å²) >= 11 is 6.31. The first kappa shape index (κ1) is 22.7. The average molecular weight is 450 g/mol. The highest BCUT2D eigenvalue weighted by molar-refractivity contribution is 7.89. The molecule has 2 aromatic carbocycles. The van der Waals surface area contributed by atoms with E-state index in [1.54, 1.807) is 36.9 Å².